The first-order valence-corrected chi connectivity index (χ1v) is 7.11. The lowest BCUT2D eigenvalue weighted by molar-refractivity contribution is 0.173. The summed E-state index contributed by atoms with van der Waals surface area (Å²) in [6.45, 7) is 10.4. The Balaban J connectivity index is 4.74. The molecule has 0 rings (SSSR count). The van der Waals surface area contributed by atoms with E-state index in [0.717, 1.165) is 0 Å². The Morgan fingerprint density at radius 2 is 1.59 bits per heavy atom. The van der Waals surface area contributed by atoms with Crippen LogP contribution in [0.2, 0.25) is 0 Å². The van der Waals surface area contributed by atoms with Crippen molar-refractivity contribution in [3.8, 4) is 23.7 Å². The molecule has 94 valence electrons. The van der Waals surface area contributed by atoms with Crippen LogP contribution in [0.4, 0.5) is 0 Å². The second-order valence-corrected chi connectivity index (χ2v) is 5.37. The highest BCUT2D eigenvalue weighted by Gasteiger charge is 2.27. The van der Waals surface area contributed by atoms with Crippen LogP contribution in [0.3, 0.4) is 0 Å². The van der Waals surface area contributed by atoms with Gasteiger partial charge in [-0.05, 0) is 27.7 Å². The zero-order chi connectivity index (χ0) is 13.3. The van der Waals surface area contributed by atoms with E-state index in [9.17, 15) is 4.57 Å². The van der Waals surface area contributed by atoms with Crippen LogP contribution >= 0.6 is 7.60 Å². The maximum atomic E-state index is 12.3. The van der Waals surface area contributed by atoms with Crippen LogP contribution in [0.5, 0.6) is 0 Å². The van der Waals surface area contributed by atoms with Gasteiger partial charge in [-0.2, -0.15) is 0 Å². The molecular formula is C13H19O3P. The average Bonchev–Trinajstić information content (AvgIpc) is 2.17. The first kappa shape index (κ1) is 16.0. The Hall–Kier alpha value is -0.990. The van der Waals surface area contributed by atoms with Crippen molar-refractivity contribution in [1.82, 2.24) is 0 Å². The zero-order valence-electron chi connectivity index (χ0n) is 10.8. The quantitative estimate of drug-likeness (QED) is 0.415. The smallest absolute Gasteiger partial charge is 0.292 e. The molecule has 0 aromatic carbocycles. The van der Waals surface area contributed by atoms with Crippen molar-refractivity contribution >= 4 is 7.60 Å². The fourth-order valence-electron chi connectivity index (χ4n) is 1.21. The Morgan fingerprint density at radius 3 is 1.88 bits per heavy atom. The molecule has 0 aliphatic carbocycles. The van der Waals surface area contributed by atoms with Gasteiger partial charge in [-0.3, -0.25) is 13.6 Å². The fraction of sp³-hybridized carbons (Fsp3) is 0.538. The van der Waals surface area contributed by atoms with Gasteiger partial charge in [0.05, 0.1) is 6.16 Å². The molecule has 0 aliphatic heterocycles. The van der Waals surface area contributed by atoms with E-state index in [4.69, 9.17) is 9.05 Å². The van der Waals surface area contributed by atoms with E-state index in [-0.39, 0.29) is 6.16 Å². The Morgan fingerprint density at radius 1 is 1.18 bits per heavy atom. The number of hydrogen-bond donors (Lipinski definition) is 0. The van der Waals surface area contributed by atoms with Crippen molar-refractivity contribution in [2.45, 2.75) is 39.9 Å². The van der Waals surface area contributed by atoms with E-state index in [1.165, 1.54) is 6.08 Å². The van der Waals surface area contributed by atoms with Gasteiger partial charge in [0.15, 0.2) is 0 Å². The molecule has 2 unspecified atom stereocenters. The summed E-state index contributed by atoms with van der Waals surface area (Å²) in [5, 5.41) is 0. The first-order valence-electron chi connectivity index (χ1n) is 5.38. The van der Waals surface area contributed by atoms with Crippen molar-refractivity contribution in [3.63, 3.8) is 0 Å². The van der Waals surface area contributed by atoms with Crippen LogP contribution in [-0.4, -0.2) is 18.4 Å². The van der Waals surface area contributed by atoms with Gasteiger partial charge in [0.1, 0.15) is 12.2 Å². The predicted molar refractivity (Wildman–Crippen MR) is 70.7 cm³/mol. The summed E-state index contributed by atoms with van der Waals surface area (Å²) in [6, 6.07) is 0. The summed E-state index contributed by atoms with van der Waals surface area (Å²) in [5.74, 6) is 11.0. The second kappa shape index (κ2) is 8.15. The summed E-state index contributed by atoms with van der Waals surface area (Å²) in [7, 11) is -3.21. The Kier molecular flexibility index (Phi) is 7.68. The molecule has 0 saturated carbocycles. The Labute approximate surface area is 104 Å². The summed E-state index contributed by atoms with van der Waals surface area (Å²) in [4.78, 5) is 0. The molecule has 0 fully saturated rings. The van der Waals surface area contributed by atoms with E-state index in [1.54, 1.807) is 27.7 Å². The third-order valence-electron chi connectivity index (χ3n) is 1.69. The normalized spacial score (nSPS) is 16.5. The zero-order valence-corrected chi connectivity index (χ0v) is 11.7. The summed E-state index contributed by atoms with van der Waals surface area (Å²) < 4.78 is 23.0. The molecule has 0 amide bonds. The third kappa shape index (κ3) is 7.03. The second-order valence-electron chi connectivity index (χ2n) is 3.37. The van der Waals surface area contributed by atoms with Crippen LogP contribution < -0.4 is 0 Å². The molecular weight excluding hydrogens is 235 g/mol. The lowest BCUT2D eigenvalue weighted by atomic mass is 10.4. The third-order valence-corrected chi connectivity index (χ3v) is 3.67. The maximum absolute atomic E-state index is 12.3. The summed E-state index contributed by atoms with van der Waals surface area (Å²) >= 11 is 0. The van der Waals surface area contributed by atoms with Crippen LogP contribution in [0.1, 0.15) is 27.7 Å². The van der Waals surface area contributed by atoms with Crippen molar-refractivity contribution in [2.24, 2.45) is 0 Å². The van der Waals surface area contributed by atoms with Crippen molar-refractivity contribution in [1.29, 1.82) is 0 Å². The van der Waals surface area contributed by atoms with E-state index in [1.807, 2.05) is 0 Å². The molecule has 0 aromatic rings. The van der Waals surface area contributed by atoms with Gasteiger partial charge in [-0.25, -0.2) is 0 Å². The largest absolute Gasteiger partial charge is 0.336 e. The van der Waals surface area contributed by atoms with Crippen molar-refractivity contribution < 1.29 is 13.6 Å². The van der Waals surface area contributed by atoms with Gasteiger partial charge >= 0.3 is 7.60 Å². The highest BCUT2D eigenvalue weighted by atomic mass is 31.2. The van der Waals surface area contributed by atoms with Gasteiger partial charge in [-0.15, -0.1) is 18.4 Å². The summed E-state index contributed by atoms with van der Waals surface area (Å²) in [6.07, 6.45) is 0.789. The van der Waals surface area contributed by atoms with Crippen LogP contribution in [0, 0.1) is 23.7 Å². The lowest BCUT2D eigenvalue weighted by Gasteiger charge is -2.20. The predicted octanol–water partition coefficient (Wildman–Crippen LogP) is 3.22. The van der Waals surface area contributed by atoms with Gasteiger partial charge < -0.3 is 0 Å². The maximum Gasteiger partial charge on any atom is 0.336 e. The van der Waals surface area contributed by atoms with Crippen LogP contribution in [-0.2, 0) is 13.6 Å². The molecule has 2 atom stereocenters. The highest BCUT2D eigenvalue weighted by Crippen LogP contribution is 2.50. The highest BCUT2D eigenvalue weighted by molar-refractivity contribution is 7.54. The number of rotatable bonds is 6. The minimum Gasteiger partial charge on any atom is -0.292 e. The molecule has 0 saturated heterocycles. The molecule has 4 heteroatoms. The van der Waals surface area contributed by atoms with E-state index < -0.39 is 19.8 Å². The molecule has 0 heterocycles. The van der Waals surface area contributed by atoms with Crippen molar-refractivity contribution in [2.75, 3.05) is 6.16 Å². The topological polar surface area (TPSA) is 35.5 Å². The molecule has 0 spiro atoms. The number of allylic oxidation sites excluding steroid dienone is 1. The number of hydrogen-bond acceptors (Lipinski definition) is 3. The van der Waals surface area contributed by atoms with E-state index >= 15 is 0 Å². The molecule has 0 aromatic heterocycles. The van der Waals surface area contributed by atoms with Gasteiger partial charge in [-0.1, -0.05) is 17.9 Å². The SMILES string of the molecule is C=CCP(=O)(OC(C)C#CC)OC(C)C#CC. The van der Waals surface area contributed by atoms with Crippen LogP contribution in [0.25, 0.3) is 0 Å². The van der Waals surface area contributed by atoms with E-state index in [0.29, 0.717) is 0 Å². The minimum absolute atomic E-state index is 0.151. The molecule has 3 nitrogen and oxygen atoms in total. The van der Waals surface area contributed by atoms with Crippen LogP contribution in [0.15, 0.2) is 12.7 Å². The standard InChI is InChI=1S/C13H19O3P/c1-6-9-12(4)15-17(14,11-8-3)16-13(5)10-7-2/h8,12-13H,3,11H2,1-2,4-5H3. The molecule has 0 bridgehead atoms. The Bertz CT molecular complexity index is 374. The monoisotopic (exact) mass is 254 g/mol. The first-order chi connectivity index (χ1) is 7.97. The summed E-state index contributed by atoms with van der Waals surface area (Å²) in [5.41, 5.74) is 0. The molecule has 0 aliphatic rings. The fourth-order valence-corrected chi connectivity index (χ4v) is 2.82. The van der Waals surface area contributed by atoms with Crippen molar-refractivity contribution in [3.05, 3.63) is 12.7 Å². The minimum atomic E-state index is -3.21. The molecule has 0 radical (unpaired) electrons. The van der Waals surface area contributed by atoms with E-state index in [2.05, 4.69) is 30.3 Å². The molecule has 0 N–H and O–H groups in total. The average molecular weight is 254 g/mol. The lowest BCUT2D eigenvalue weighted by Crippen LogP contribution is -2.11. The van der Waals surface area contributed by atoms with Gasteiger partial charge in [0.25, 0.3) is 0 Å². The van der Waals surface area contributed by atoms with Gasteiger partial charge in [0.2, 0.25) is 0 Å². The van der Waals surface area contributed by atoms with Gasteiger partial charge in [0, 0.05) is 0 Å². The molecule has 17 heavy (non-hydrogen) atoms.